The number of hydrogen-bond donors (Lipinski definition) is 1. The number of fused-ring (bicyclic) bond motifs is 1. The number of pyridine rings is 1. The molecule has 0 radical (unpaired) electrons. The van der Waals surface area contributed by atoms with Crippen LogP contribution in [0.4, 0.5) is 16.2 Å². The fourth-order valence-electron chi connectivity index (χ4n) is 3.75. The summed E-state index contributed by atoms with van der Waals surface area (Å²) in [5, 5.41) is 7.29. The molecule has 29 heavy (non-hydrogen) atoms. The Hall–Kier alpha value is -3.26. The Morgan fingerprint density at radius 2 is 2.03 bits per heavy atom. The number of aryl methyl sites for hydroxylation is 3. The average Bonchev–Trinajstić information content (AvgIpc) is 3.46. The monoisotopic (exact) mass is 404 g/mol. The molecule has 7 nitrogen and oxygen atoms in total. The lowest BCUT2D eigenvalue weighted by molar-refractivity contribution is 0.256. The molecule has 4 heterocycles. The van der Waals surface area contributed by atoms with Gasteiger partial charge in [-0.05, 0) is 55.7 Å². The first-order valence-corrected chi connectivity index (χ1v) is 10.4. The molecule has 2 amide bonds. The lowest BCUT2D eigenvalue weighted by Crippen LogP contribution is -2.32. The molecule has 1 aliphatic rings. The van der Waals surface area contributed by atoms with Crippen LogP contribution in [0.5, 0.6) is 0 Å². The standard InChI is InChI=1S/C21H20N6OS/c1-14-10-16(25-24-14)3-2-15-6-7-22-12-19(15)27-9-8-26(21(27)28)17-4-5-18-20(11-17)29-13-23-18/h4-7,10-13H,2-3,8-9H2,1H3,(H,24,25). The maximum absolute atomic E-state index is 13.2. The number of benzene rings is 1. The van der Waals surface area contributed by atoms with Crippen LogP contribution in [0.1, 0.15) is 17.0 Å². The second-order valence-corrected chi connectivity index (χ2v) is 8.02. The molecule has 5 rings (SSSR count). The van der Waals surface area contributed by atoms with Crippen LogP contribution < -0.4 is 9.80 Å². The molecule has 0 saturated carbocycles. The van der Waals surface area contributed by atoms with Crippen LogP contribution in [0.25, 0.3) is 10.2 Å². The first kappa shape index (κ1) is 17.8. The number of thiazole rings is 1. The van der Waals surface area contributed by atoms with Crippen molar-refractivity contribution in [2.45, 2.75) is 19.8 Å². The number of nitrogens with one attached hydrogen (secondary N) is 1. The van der Waals surface area contributed by atoms with Gasteiger partial charge in [0.25, 0.3) is 0 Å². The van der Waals surface area contributed by atoms with Gasteiger partial charge in [0.05, 0.1) is 33.3 Å². The first-order chi connectivity index (χ1) is 14.2. The summed E-state index contributed by atoms with van der Waals surface area (Å²) in [7, 11) is 0. The lowest BCUT2D eigenvalue weighted by atomic mass is 10.1. The van der Waals surface area contributed by atoms with E-state index in [-0.39, 0.29) is 6.03 Å². The smallest absolute Gasteiger partial charge is 0.292 e. The highest BCUT2D eigenvalue weighted by atomic mass is 32.1. The summed E-state index contributed by atoms with van der Waals surface area (Å²) < 4.78 is 1.09. The van der Waals surface area contributed by atoms with Crippen LogP contribution in [-0.4, -0.2) is 39.3 Å². The molecule has 1 saturated heterocycles. The number of aromatic amines is 1. The second-order valence-electron chi connectivity index (χ2n) is 7.14. The van der Waals surface area contributed by atoms with E-state index in [0.717, 1.165) is 51.4 Å². The van der Waals surface area contributed by atoms with Crippen molar-refractivity contribution in [3.63, 3.8) is 0 Å². The molecule has 8 heteroatoms. The molecule has 3 aromatic heterocycles. The zero-order valence-electron chi connectivity index (χ0n) is 16.0. The normalized spacial score (nSPS) is 14.3. The number of nitrogens with zero attached hydrogens (tertiary/aromatic N) is 5. The van der Waals surface area contributed by atoms with Gasteiger partial charge in [0, 0.05) is 30.7 Å². The Kier molecular flexibility index (Phi) is 4.48. The summed E-state index contributed by atoms with van der Waals surface area (Å²) in [5.74, 6) is 0. The number of hydrogen-bond acceptors (Lipinski definition) is 5. The third-order valence-electron chi connectivity index (χ3n) is 5.22. The highest BCUT2D eigenvalue weighted by Gasteiger charge is 2.32. The summed E-state index contributed by atoms with van der Waals surface area (Å²) >= 11 is 1.59. The van der Waals surface area contributed by atoms with Crippen molar-refractivity contribution in [1.29, 1.82) is 0 Å². The lowest BCUT2D eigenvalue weighted by Gasteiger charge is -2.21. The van der Waals surface area contributed by atoms with E-state index < -0.39 is 0 Å². The Morgan fingerprint density at radius 1 is 1.14 bits per heavy atom. The topological polar surface area (TPSA) is 78.0 Å². The Labute approximate surface area is 172 Å². The Morgan fingerprint density at radius 3 is 2.90 bits per heavy atom. The maximum Gasteiger partial charge on any atom is 0.329 e. The van der Waals surface area contributed by atoms with E-state index in [1.807, 2.05) is 46.5 Å². The van der Waals surface area contributed by atoms with E-state index in [1.54, 1.807) is 23.7 Å². The van der Waals surface area contributed by atoms with Crippen molar-refractivity contribution >= 4 is 39.0 Å². The van der Waals surface area contributed by atoms with Crippen LogP contribution in [0.15, 0.2) is 48.2 Å². The zero-order chi connectivity index (χ0) is 19.8. The molecule has 0 aliphatic carbocycles. The summed E-state index contributed by atoms with van der Waals surface area (Å²) in [6, 6.07) is 10.0. The van der Waals surface area contributed by atoms with Crippen LogP contribution in [0.3, 0.4) is 0 Å². The SMILES string of the molecule is Cc1cc(CCc2ccncc2N2CCN(c3ccc4ncsc4c3)C2=O)n[nH]1. The number of carbonyl (C=O) groups excluding carboxylic acids is 1. The number of amides is 2. The number of aromatic nitrogens is 4. The third-order valence-corrected chi connectivity index (χ3v) is 6.02. The number of carbonyl (C=O) groups is 1. The molecule has 1 fully saturated rings. The minimum absolute atomic E-state index is 0.0151. The molecule has 4 aromatic rings. The number of urea groups is 1. The van der Waals surface area contributed by atoms with Gasteiger partial charge in [-0.15, -0.1) is 11.3 Å². The molecular formula is C21H20N6OS. The van der Waals surface area contributed by atoms with Crippen LogP contribution in [0.2, 0.25) is 0 Å². The van der Waals surface area contributed by atoms with E-state index in [0.29, 0.717) is 13.1 Å². The predicted molar refractivity (Wildman–Crippen MR) is 115 cm³/mol. The van der Waals surface area contributed by atoms with E-state index >= 15 is 0 Å². The Balaban J connectivity index is 1.38. The zero-order valence-corrected chi connectivity index (χ0v) is 16.8. The second kappa shape index (κ2) is 7.29. The van der Waals surface area contributed by atoms with Crippen molar-refractivity contribution in [3.8, 4) is 0 Å². The quantitative estimate of drug-likeness (QED) is 0.546. The van der Waals surface area contributed by atoms with Crippen LogP contribution >= 0.6 is 11.3 Å². The van der Waals surface area contributed by atoms with Gasteiger partial charge < -0.3 is 0 Å². The fourth-order valence-corrected chi connectivity index (χ4v) is 4.46. The Bertz CT molecular complexity index is 1180. The molecular weight excluding hydrogens is 384 g/mol. The van der Waals surface area contributed by atoms with Crippen molar-refractivity contribution < 1.29 is 4.79 Å². The molecule has 0 unspecified atom stereocenters. The summed E-state index contributed by atoms with van der Waals surface area (Å²) in [6.45, 7) is 3.28. The maximum atomic E-state index is 13.2. The van der Waals surface area contributed by atoms with Crippen molar-refractivity contribution in [1.82, 2.24) is 20.2 Å². The fraction of sp³-hybridized carbons (Fsp3) is 0.238. The van der Waals surface area contributed by atoms with Gasteiger partial charge in [0.15, 0.2) is 0 Å². The molecule has 0 atom stereocenters. The average molecular weight is 404 g/mol. The summed E-state index contributed by atoms with van der Waals surface area (Å²) in [6.07, 6.45) is 5.19. The predicted octanol–water partition coefficient (Wildman–Crippen LogP) is 3.95. The highest BCUT2D eigenvalue weighted by Crippen LogP contribution is 2.30. The van der Waals surface area contributed by atoms with Crippen molar-refractivity contribution in [3.05, 3.63) is 65.2 Å². The largest absolute Gasteiger partial charge is 0.329 e. The molecule has 1 aliphatic heterocycles. The number of anilines is 2. The molecule has 146 valence electrons. The minimum Gasteiger partial charge on any atom is -0.292 e. The van der Waals surface area contributed by atoms with Crippen LogP contribution in [-0.2, 0) is 12.8 Å². The van der Waals surface area contributed by atoms with Crippen molar-refractivity contribution in [2.24, 2.45) is 0 Å². The van der Waals surface area contributed by atoms with Crippen LogP contribution in [0, 0.1) is 6.92 Å². The molecule has 0 spiro atoms. The molecule has 0 bridgehead atoms. The van der Waals surface area contributed by atoms with E-state index in [4.69, 9.17) is 0 Å². The summed E-state index contributed by atoms with van der Waals surface area (Å²) in [5.41, 5.74) is 7.77. The minimum atomic E-state index is -0.0151. The van der Waals surface area contributed by atoms with Gasteiger partial charge in [-0.1, -0.05) is 0 Å². The highest BCUT2D eigenvalue weighted by molar-refractivity contribution is 7.16. The molecule has 1 N–H and O–H groups in total. The van der Waals surface area contributed by atoms with Gasteiger partial charge in [0.2, 0.25) is 0 Å². The van der Waals surface area contributed by atoms with Gasteiger partial charge >= 0.3 is 6.03 Å². The van der Waals surface area contributed by atoms with Gasteiger partial charge in [-0.25, -0.2) is 9.78 Å². The van der Waals surface area contributed by atoms with E-state index in [2.05, 4.69) is 26.2 Å². The van der Waals surface area contributed by atoms with Gasteiger partial charge in [-0.2, -0.15) is 5.10 Å². The first-order valence-electron chi connectivity index (χ1n) is 9.55. The summed E-state index contributed by atoms with van der Waals surface area (Å²) in [4.78, 5) is 25.4. The van der Waals surface area contributed by atoms with E-state index in [1.165, 1.54) is 0 Å². The third kappa shape index (κ3) is 3.36. The molecule has 1 aromatic carbocycles. The van der Waals surface area contributed by atoms with Gasteiger partial charge in [-0.3, -0.25) is 19.9 Å². The number of rotatable bonds is 5. The van der Waals surface area contributed by atoms with E-state index in [9.17, 15) is 4.79 Å². The van der Waals surface area contributed by atoms with Crippen molar-refractivity contribution in [2.75, 3.05) is 22.9 Å². The van der Waals surface area contributed by atoms with Gasteiger partial charge in [0.1, 0.15) is 0 Å². The number of H-pyrrole nitrogens is 1.